The largest absolute Gasteiger partial charge is 0.485 e. The van der Waals surface area contributed by atoms with Crippen LogP contribution in [0.5, 0.6) is 5.75 Å². The second-order valence-corrected chi connectivity index (χ2v) is 13.3. The molecule has 0 saturated carbocycles. The van der Waals surface area contributed by atoms with Crippen molar-refractivity contribution in [3.8, 4) is 5.75 Å². The zero-order valence-electron chi connectivity index (χ0n) is 25.8. The third kappa shape index (κ3) is 7.59. The highest BCUT2D eigenvalue weighted by atomic mass is 32.2. The van der Waals surface area contributed by atoms with Gasteiger partial charge in [-0.2, -0.15) is 0 Å². The van der Waals surface area contributed by atoms with Gasteiger partial charge in [0.15, 0.2) is 5.78 Å². The van der Waals surface area contributed by atoms with E-state index in [0.717, 1.165) is 15.7 Å². The fourth-order valence-electron chi connectivity index (χ4n) is 5.05. The number of aromatic nitrogens is 1. The van der Waals surface area contributed by atoms with Gasteiger partial charge in [0.2, 0.25) is 5.72 Å². The first-order valence-corrected chi connectivity index (χ1v) is 16.0. The topological polar surface area (TPSA) is 161 Å². The number of carbonyl (C=O) groups is 3. The summed E-state index contributed by atoms with van der Waals surface area (Å²) in [6, 6.07) is 16.2. The molecular weight excluding hydrogens is 611 g/mol. The molecule has 3 aromatic rings. The van der Waals surface area contributed by atoms with Crippen LogP contribution in [0.2, 0.25) is 0 Å². The lowest BCUT2D eigenvalue weighted by atomic mass is 9.75. The number of thioether (sulfide) groups is 1. The molecule has 2 amide bonds. The molecule has 10 nitrogen and oxygen atoms in total. The van der Waals surface area contributed by atoms with Crippen molar-refractivity contribution in [3.63, 3.8) is 0 Å². The number of nitrogens with two attached hydrogens (primary N) is 2. The predicted octanol–water partition coefficient (Wildman–Crippen LogP) is 3.46. The van der Waals surface area contributed by atoms with Crippen molar-refractivity contribution in [1.29, 1.82) is 0 Å². The van der Waals surface area contributed by atoms with Gasteiger partial charge >= 0.3 is 0 Å². The number of Topliss-reactive ketones (excluding diaryl/α,β-unsaturated/α-hetero) is 1. The number of rotatable bonds is 12. The molecule has 12 heteroatoms. The molecule has 2 heterocycles. The minimum atomic E-state index is -2.62. The van der Waals surface area contributed by atoms with E-state index in [0.29, 0.717) is 11.3 Å². The molecule has 3 atom stereocenters. The smallest absolute Gasteiger partial charge is 0.275 e. The van der Waals surface area contributed by atoms with E-state index >= 15 is 0 Å². The second kappa shape index (κ2) is 13.8. The van der Waals surface area contributed by atoms with Gasteiger partial charge in [-0.3, -0.25) is 30.0 Å². The molecule has 0 radical (unpaired) electrons. The number of aliphatic hydroxyl groups is 1. The minimum absolute atomic E-state index is 0.00996. The van der Waals surface area contributed by atoms with Gasteiger partial charge < -0.3 is 20.9 Å². The Morgan fingerprint density at radius 1 is 1.11 bits per heavy atom. The molecule has 45 heavy (non-hydrogen) atoms. The molecule has 0 saturated heterocycles. The number of ether oxygens (including phenoxy) is 1. The highest BCUT2D eigenvalue weighted by Crippen LogP contribution is 2.33. The summed E-state index contributed by atoms with van der Waals surface area (Å²) in [6.07, 6.45) is 3.39. The van der Waals surface area contributed by atoms with E-state index in [1.807, 2.05) is 32.9 Å². The summed E-state index contributed by atoms with van der Waals surface area (Å²) in [5.41, 5.74) is 9.06. The Morgan fingerprint density at radius 3 is 2.49 bits per heavy atom. The van der Waals surface area contributed by atoms with Gasteiger partial charge in [0.1, 0.15) is 23.6 Å². The van der Waals surface area contributed by atoms with E-state index in [1.165, 1.54) is 11.8 Å². The van der Waals surface area contributed by atoms with Crippen molar-refractivity contribution in [2.24, 2.45) is 17.4 Å². The average molecular weight is 650 g/mol. The second-order valence-electron chi connectivity index (χ2n) is 12.1. The number of nitrogens with one attached hydrogen (secondary N) is 1. The summed E-state index contributed by atoms with van der Waals surface area (Å²) in [5.74, 6) is -2.71. The quantitative estimate of drug-likeness (QED) is 0.169. The molecule has 6 N–H and O–H groups in total. The molecule has 0 spiro atoms. The SMILES string of the molecule is CC[C@@](N)(C(=O)COc1cccc2cnccc12)C(=S)[C@@H](Cc1ccccc1)[C@](N)(O)C(=O)N1CSC=C1C(=O)NC(C)(C)C. The first kappa shape index (κ1) is 34.2. The number of fused-ring (bicyclic) bond motifs is 1. The van der Waals surface area contributed by atoms with Crippen molar-refractivity contribution in [3.05, 3.63) is 83.7 Å². The van der Waals surface area contributed by atoms with Crippen LogP contribution in [0.25, 0.3) is 10.8 Å². The van der Waals surface area contributed by atoms with Crippen LogP contribution in [0.1, 0.15) is 39.7 Å². The summed E-state index contributed by atoms with van der Waals surface area (Å²) in [6.45, 7) is 6.73. The maximum Gasteiger partial charge on any atom is 0.275 e. The average Bonchev–Trinajstić information content (AvgIpc) is 3.51. The zero-order chi connectivity index (χ0) is 33.0. The Morgan fingerprint density at radius 2 is 1.82 bits per heavy atom. The highest BCUT2D eigenvalue weighted by Gasteiger charge is 2.52. The van der Waals surface area contributed by atoms with Gasteiger partial charge in [0, 0.05) is 44.9 Å². The molecule has 1 aromatic heterocycles. The van der Waals surface area contributed by atoms with Gasteiger partial charge in [-0.1, -0.05) is 61.6 Å². The van der Waals surface area contributed by atoms with Crippen molar-refractivity contribution >= 4 is 57.2 Å². The Kier molecular flexibility index (Phi) is 10.5. The molecule has 1 aliphatic rings. The lowest BCUT2D eigenvalue weighted by Gasteiger charge is -2.40. The van der Waals surface area contributed by atoms with Crippen LogP contribution < -0.4 is 21.5 Å². The summed E-state index contributed by atoms with van der Waals surface area (Å²) in [5, 5.41) is 17.8. The Bertz CT molecular complexity index is 1620. The number of pyridine rings is 1. The lowest BCUT2D eigenvalue weighted by molar-refractivity contribution is -0.152. The minimum Gasteiger partial charge on any atom is -0.485 e. The number of amides is 2. The summed E-state index contributed by atoms with van der Waals surface area (Å²) < 4.78 is 5.93. The van der Waals surface area contributed by atoms with Crippen LogP contribution >= 0.6 is 24.0 Å². The maximum atomic E-state index is 14.0. The number of nitrogens with zero attached hydrogens (tertiary/aromatic N) is 2. The van der Waals surface area contributed by atoms with E-state index in [9.17, 15) is 19.5 Å². The fourth-order valence-corrected chi connectivity index (χ4v) is 6.44. The fraction of sp³-hybridized carbons (Fsp3) is 0.364. The van der Waals surface area contributed by atoms with E-state index in [-0.39, 0.29) is 29.3 Å². The van der Waals surface area contributed by atoms with Crippen molar-refractivity contribution < 1.29 is 24.2 Å². The van der Waals surface area contributed by atoms with E-state index in [4.69, 9.17) is 28.4 Å². The number of ketones is 1. The van der Waals surface area contributed by atoms with Crippen LogP contribution in [0.15, 0.2) is 78.1 Å². The lowest BCUT2D eigenvalue weighted by Crippen LogP contribution is -2.67. The van der Waals surface area contributed by atoms with Crippen LogP contribution in [-0.2, 0) is 20.8 Å². The number of carbonyl (C=O) groups excluding carboxylic acids is 3. The van der Waals surface area contributed by atoms with Gasteiger partial charge in [0.25, 0.3) is 11.8 Å². The molecule has 0 bridgehead atoms. The molecule has 1 aliphatic heterocycles. The van der Waals surface area contributed by atoms with Crippen molar-refractivity contribution in [1.82, 2.24) is 15.2 Å². The molecular formula is C33H39N5O5S2. The predicted molar refractivity (Wildman–Crippen MR) is 180 cm³/mol. The Balaban J connectivity index is 1.64. The van der Waals surface area contributed by atoms with Crippen LogP contribution in [0.4, 0.5) is 0 Å². The van der Waals surface area contributed by atoms with Crippen molar-refractivity contribution in [2.75, 3.05) is 12.5 Å². The third-order valence-electron chi connectivity index (χ3n) is 7.62. The van der Waals surface area contributed by atoms with Gasteiger partial charge in [-0.05, 0) is 51.3 Å². The van der Waals surface area contributed by atoms with Crippen LogP contribution in [0, 0.1) is 5.92 Å². The van der Waals surface area contributed by atoms with E-state index in [1.54, 1.807) is 67.2 Å². The third-order valence-corrected chi connectivity index (χ3v) is 9.07. The van der Waals surface area contributed by atoms with Gasteiger partial charge in [-0.15, -0.1) is 11.8 Å². The molecule has 4 rings (SSSR count). The monoisotopic (exact) mass is 649 g/mol. The zero-order valence-corrected chi connectivity index (χ0v) is 27.4. The summed E-state index contributed by atoms with van der Waals surface area (Å²) in [7, 11) is 0. The van der Waals surface area contributed by atoms with E-state index < -0.39 is 46.9 Å². The van der Waals surface area contributed by atoms with Crippen LogP contribution in [0.3, 0.4) is 0 Å². The van der Waals surface area contributed by atoms with Gasteiger partial charge in [0.05, 0.1) is 5.88 Å². The molecule has 2 aromatic carbocycles. The standard InChI is InChI=1S/C33H39N5O5S2/c1-5-32(34,27(39)18-43-26-13-9-12-22-17-36-15-14-23(22)26)28(44)24(16-21-10-7-6-8-11-21)33(35,42)30(41)38-20-45-19-25(38)29(40)37-31(2,3)4/h6-15,17,19,24,42H,5,16,18,20,34-35H2,1-4H3,(H,37,40)/t24-,32-,33+/m1/s1. The summed E-state index contributed by atoms with van der Waals surface area (Å²) in [4.78, 5) is 46.0. The Hall–Kier alpha value is -3.68. The number of benzene rings is 2. The first-order chi connectivity index (χ1) is 21.2. The van der Waals surface area contributed by atoms with Crippen molar-refractivity contribution in [2.45, 2.75) is 57.3 Å². The number of hydrogen-bond donors (Lipinski definition) is 4. The number of hydrogen-bond acceptors (Lipinski definition) is 10. The molecule has 0 aliphatic carbocycles. The highest BCUT2D eigenvalue weighted by molar-refractivity contribution is 8.02. The maximum absolute atomic E-state index is 14.0. The molecule has 0 fully saturated rings. The normalized spacial score (nSPS) is 16.7. The van der Waals surface area contributed by atoms with Crippen LogP contribution in [-0.4, -0.2) is 66.7 Å². The molecule has 0 unspecified atom stereocenters. The van der Waals surface area contributed by atoms with E-state index in [2.05, 4.69) is 10.3 Å². The van der Waals surface area contributed by atoms with Gasteiger partial charge in [-0.25, -0.2) is 0 Å². The molecule has 238 valence electrons. The first-order valence-electron chi connectivity index (χ1n) is 14.5. The Labute approximate surface area is 272 Å². The number of thiocarbonyl (C=S) groups is 1. The summed E-state index contributed by atoms with van der Waals surface area (Å²) >= 11 is 7.08.